The van der Waals surface area contributed by atoms with Crippen LogP contribution in [0.15, 0.2) is 0 Å². The van der Waals surface area contributed by atoms with E-state index in [1.807, 2.05) is 0 Å². The van der Waals surface area contributed by atoms with Crippen LogP contribution < -0.4 is 0 Å². The molecule has 0 aromatic rings. The van der Waals surface area contributed by atoms with Crippen LogP contribution in [0, 0.1) is 0 Å². The van der Waals surface area contributed by atoms with E-state index in [9.17, 15) is 9.59 Å². The Labute approximate surface area is 57.5 Å². The second-order valence-corrected chi connectivity index (χ2v) is 1.27. The molecule has 1 N–H and O–H groups in total. The van der Waals surface area contributed by atoms with Crippen LogP contribution in [0.5, 0.6) is 0 Å². The molecule has 0 bridgehead atoms. The van der Waals surface area contributed by atoms with Gasteiger partial charge in [0.2, 0.25) is 0 Å². The third-order valence-corrected chi connectivity index (χ3v) is 0.400. The van der Waals surface area contributed by atoms with Gasteiger partial charge < -0.3 is 5.11 Å². The second-order valence-electron chi connectivity index (χ2n) is 1.27. The van der Waals surface area contributed by atoms with Gasteiger partial charge in [-0.05, 0) is 6.92 Å². The molecule has 0 spiro atoms. The summed E-state index contributed by atoms with van der Waals surface area (Å²) in [5.74, 6) is -1.37. The Morgan fingerprint density at radius 3 is 1.88 bits per heavy atom. The largest absolute Gasteiger partial charge is 0.481 e. The van der Waals surface area contributed by atoms with Gasteiger partial charge in [0.05, 0.1) is 0 Å². The summed E-state index contributed by atoms with van der Waals surface area (Å²) in [5, 5.41) is 7.86. The summed E-state index contributed by atoms with van der Waals surface area (Å²) in [6.45, 7) is 1.24. The maximum Gasteiger partial charge on any atom is 0.310 e. The third kappa shape index (κ3) is 9.18. The van der Waals surface area contributed by atoms with Crippen molar-refractivity contribution in [3.8, 4) is 0 Å². The maximum absolute atomic E-state index is 9.87. The van der Waals surface area contributed by atoms with Crippen LogP contribution in [0.3, 0.4) is 0 Å². The molecule has 8 heavy (non-hydrogen) atoms. The van der Waals surface area contributed by atoms with Gasteiger partial charge in [0.15, 0.2) is 0 Å². The molecule has 0 rings (SSSR count). The normalized spacial score (nSPS) is 7.12. The number of ketones is 1. The van der Waals surface area contributed by atoms with Crippen LogP contribution >= 0.6 is 0 Å². The molecule has 0 aliphatic carbocycles. The first kappa shape index (κ1) is 10.6. The summed E-state index contributed by atoms with van der Waals surface area (Å²) < 4.78 is 0. The van der Waals surface area contributed by atoms with Gasteiger partial charge in [-0.25, -0.2) is 0 Å². The molecule has 0 atom stereocenters. The maximum atomic E-state index is 9.87. The summed E-state index contributed by atoms with van der Waals surface area (Å²) in [7, 11) is 0. The van der Waals surface area contributed by atoms with E-state index in [0.717, 1.165) is 0 Å². The van der Waals surface area contributed by atoms with Gasteiger partial charge in [0.25, 0.3) is 0 Å². The van der Waals surface area contributed by atoms with E-state index in [1.54, 1.807) is 0 Å². The predicted octanol–water partition coefficient (Wildman–Crippen LogP) is 0.0476. The molecule has 3 nitrogen and oxygen atoms in total. The fourth-order valence-corrected chi connectivity index (χ4v) is 0.213. The topological polar surface area (TPSA) is 54.4 Å². The Morgan fingerprint density at radius 1 is 1.50 bits per heavy atom. The SMILES string of the molecule is CC(=O)CC(=O)O.[Cu]. The minimum Gasteiger partial charge on any atom is -0.481 e. The van der Waals surface area contributed by atoms with Crippen LogP contribution in [-0.4, -0.2) is 16.9 Å². The Morgan fingerprint density at radius 2 is 1.88 bits per heavy atom. The Kier molecular flexibility index (Phi) is 6.38. The Balaban J connectivity index is 0. The molecule has 1 radical (unpaired) electrons. The third-order valence-electron chi connectivity index (χ3n) is 0.400. The number of rotatable bonds is 2. The van der Waals surface area contributed by atoms with Gasteiger partial charge >= 0.3 is 5.97 Å². The number of carbonyl (C=O) groups is 2. The van der Waals surface area contributed by atoms with Crippen LogP contribution in [0.25, 0.3) is 0 Å². The first-order valence-corrected chi connectivity index (χ1v) is 1.84. The summed E-state index contributed by atoms with van der Waals surface area (Å²) in [4.78, 5) is 19.5. The quantitative estimate of drug-likeness (QED) is 0.465. The van der Waals surface area contributed by atoms with Crippen molar-refractivity contribution in [2.24, 2.45) is 0 Å². The van der Waals surface area contributed by atoms with Crippen LogP contribution in [0.2, 0.25) is 0 Å². The smallest absolute Gasteiger partial charge is 0.310 e. The molecule has 4 heteroatoms. The molecule has 0 heterocycles. The van der Waals surface area contributed by atoms with Gasteiger partial charge in [-0.15, -0.1) is 0 Å². The molecule has 0 aromatic heterocycles. The molecular formula is C4H6CuO3. The zero-order valence-corrected chi connectivity index (χ0v) is 5.21. The van der Waals surface area contributed by atoms with Crippen molar-refractivity contribution in [1.29, 1.82) is 0 Å². The minimum atomic E-state index is -1.06. The zero-order valence-electron chi connectivity index (χ0n) is 4.27. The van der Waals surface area contributed by atoms with Crippen molar-refractivity contribution in [3.05, 3.63) is 0 Å². The number of hydrogen-bond donors (Lipinski definition) is 1. The molecule has 0 aliphatic rings. The van der Waals surface area contributed by atoms with Gasteiger partial charge in [0.1, 0.15) is 12.2 Å². The molecule has 0 unspecified atom stereocenters. The zero-order chi connectivity index (χ0) is 5.86. The fourth-order valence-electron chi connectivity index (χ4n) is 0.213. The summed E-state index contributed by atoms with van der Waals surface area (Å²) in [6, 6.07) is 0. The summed E-state index contributed by atoms with van der Waals surface area (Å²) in [5.41, 5.74) is 0. The molecule has 0 amide bonds. The van der Waals surface area contributed by atoms with E-state index >= 15 is 0 Å². The predicted molar refractivity (Wildman–Crippen MR) is 22.9 cm³/mol. The van der Waals surface area contributed by atoms with Gasteiger partial charge in [-0.1, -0.05) is 0 Å². The minimum absolute atomic E-state index is 0. The number of aliphatic carboxylic acids is 1. The van der Waals surface area contributed by atoms with Crippen molar-refractivity contribution in [2.75, 3.05) is 0 Å². The van der Waals surface area contributed by atoms with E-state index < -0.39 is 5.97 Å². The van der Waals surface area contributed by atoms with E-state index in [1.165, 1.54) is 6.92 Å². The monoisotopic (exact) mass is 165 g/mol. The fraction of sp³-hybridized carbons (Fsp3) is 0.500. The van der Waals surface area contributed by atoms with Crippen molar-refractivity contribution >= 4 is 11.8 Å². The van der Waals surface area contributed by atoms with Crippen molar-refractivity contribution in [3.63, 3.8) is 0 Å². The summed E-state index contributed by atoms with van der Waals surface area (Å²) >= 11 is 0. The van der Waals surface area contributed by atoms with Crippen LogP contribution in [0.1, 0.15) is 13.3 Å². The number of Topliss-reactive ketones (excluding diaryl/α,β-unsaturated/α-hetero) is 1. The molecule has 0 aromatic carbocycles. The van der Waals surface area contributed by atoms with E-state index in [4.69, 9.17) is 5.11 Å². The summed E-state index contributed by atoms with van der Waals surface area (Å²) in [6.07, 6.45) is -0.361. The molecular weight excluding hydrogens is 160 g/mol. The molecule has 0 saturated carbocycles. The van der Waals surface area contributed by atoms with E-state index in [-0.39, 0.29) is 29.3 Å². The molecule has 0 aliphatic heterocycles. The molecule has 51 valence electrons. The standard InChI is InChI=1S/C4H6O3.Cu/c1-3(5)2-4(6)7;/h2H2,1H3,(H,6,7);. The number of hydrogen-bond acceptors (Lipinski definition) is 2. The van der Waals surface area contributed by atoms with Crippen molar-refractivity contribution < 1.29 is 31.8 Å². The number of carbonyl (C=O) groups excluding carboxylic acids is 1. The van der Waals surface area contributed by atoms with Crippen LogP contribution in [-0.2, 0) is 26.7 Å². The Hall–Kier alpha value is -0.341. The number of carboxylic acids is 1. The van der Waals surface area contributed by atoms with Gasteiger partial charge in [0, 0.05) is 17.1 Å². The van der Waals surface area contributed by atoms with Crippen LogP contribution in [0.4, 0.5) is 0 Å². The van der Waals surface area contributed by atoms with Crippen molar-refractivity contribution in [2.45, 2.75) is 13.3 Å². The van der Waals surface area contributed by atoms with E-state index in [0.29, 0.717) is 0 Å². The first-order chi connectivity index (χ1) is 3.13. The molecule has 0 fully saturated rings. The first-order valence-electron chi connectivity index (χ1n) is 1.84. The Bertz CT molecular complexity index is 87.5. The van der Waals surface area contributed by atoms with Gasteiger partial charge in [-0.2, -0.15) is 0 Å². The number of carboxylic acid groups (broad SMARTS) is 1. The van der Waals surface area contributed by atoms with E-state index in [2.05, 4.69) is 0 Å². The average molecular weight is 166 g/mol. The van der Waals surface area contributed by atoms with Crippen molar-refractivity contribution in [1.82, 2.24) is 0 Å². The average Bonchev–Trinajstić information content (AvgIpc) is 1.27. The van der Waals surface area contributed by atoms with Gasteiger partial charge in [-0.3, -0.25) is 9.59 Å². The molecule has 0 saturated heterocycles. The second kappa shape index (κ2) is 4.81.